The molecule has 1 unspecified atom stereocenters. The van der Waals surface area contributed by atoms with Crippen molar-refractivity contribution >= 4 is 23.6 Å². The van der Waals surface area contributed by atoms with Gasteiger partial charge in [0, 0.05) is 56.8 Å². The van der Waals surface area contributed by atoms with E-state index in [4.69, 9.17) is 0 Å². The van der Waals surface area contributed by atoms with E-state index in [1.165, 1.54) is 32.1 Å². The monoisotopic (exact) mass is 645 g/mol. The summed E-state index contributed by atoms with van der Waals surface area (Å²) in [7, 11) is 1.58. The van der Waals surface area contributed by atoms with Crippen LogP contribution in [0.25, 0.3) is 0 Å². The number of likely N-dealkylation sites (N-methyl/N-ethyl adjacent to an activating group) is 1. The number of likely N-dealkylation sites (tertiary alicyclic amines) is 2. The van der Waals surface area contributed by atoms with Crippen LogP contribution < -0.4 is 16.0 Å². The minimum atomic E-state index is -0.765. The normalized spacial score (nSPS) is 24.3. The van der Waals surface area contributed by atoms with Crippen molar-refractivity contribution in [2.24, 2.45) is 28.6 Å². The van der Waals surface area contributed by atoms with Gasteiger partial charge in [0.2, 0.25) is 17.7 Å². The van der Waals surface area contributed by atoms with Crippen molar-refractivity contribution in [3.63, 3.8) is 0 Å². The number of rotatable bonds is 11. The van der Waals surface area contributed by atoms with E-state index >= 15 is 0 Å². The van der Waals surface area contributed by atoms with Gasteiger partial charge in [-0.25, -0.2) is 0 Å². The van der Waals surface area contributed by atoms with Gasteiger partial charge in [0.05, 0.1) is 24.2 Å². The first-order valence-electron chi connectivity index (χ1n) is 17.4. The molecule has 3 heterocycles. The van der Waals surface area contributed by atoms with Crippen LogP contribution in [-0.4, -0.2) is 95.1 Å². The van der Waals surface area contributed by atoms with E-state index in [0.29, 0.717) is 37.7 Å². The summed E-state index contributed by atoms with van der Waals surface area (Å²) in [4.78, 5) is 57.9. The van der Waals surface area contributed by atoms with Gasteiger partial charge in [0.25, 0.3) is 5.91 Å². The lowest BCUT2D eigenvalue weighted by Gasteiger charge is -2.50. The van der Waals surface area contributed by atoms with Crippen molar-refractivity contribution < 1.29 is 19.2 Å². The van der Waals surface area contributed by atoms with E-state index in [-0.39, 0.29) is 47.5 Å². The predicted octanol–water partition coefficient (Wildman–Crippen LogP) is 2.67. The summed E-state index contributed by atoms with van der Waals surface area (Å²) in [5.41, 5.74) is 0.987. The smallest absolute Gasteiger partial charge is 0.257 e. The quantitative estimate of drug-likeness (QED) is 0.345. The fraction of sp³-hybridized carbons (Fsp3) is 0.639. The van der Waals surface area contributed by atoms with Gasteiger partial charge in [-0.3, -0.25) is 23.9 Å². The van der Waals surface area contributed by atoms with E-state index in [0.717, 1.165) is 18.5 Å². The second-order valence-electron chi connectivity index (χ2n) is 15.3. The first kappa shape index (κ1) is 33.2. The zero-order valence-corrected chi connectivity index (χ0v) is 28.3. The van der Waals surface area contributed by atoms with E-state index in [1.54, 1.807) is 29.0 Å². The molecule has 1 aromatic heterocycles. The minimum Gasteiger partial charge on any atom is -0.357 e. The standard InChI is InChI=1S/C36H51N7O4/c1-24(38-16-25-11-7-5-8-12-25)30(32(45)37-4)40-31(44)29-20-41(21-36(29)22-42(23-36)34(47)28-15-35(28,2)3)33(46)27-17-39-43(19-27)18-26-13-9-6-10-14-26/h6,9-10,13-14,17,19,24-25,28-30,38H,5,7-8,11-12,15-16,18,20-23H2,1-4H3,(H,37,45)(H,40,44)/t24-,28-,29?,30+/m1/s1. The summed E-state index contributed by atoms with van der Waals surface area (Å²) in [5.74, 6) is -0.520. The number of amides is 4. The largest absolute Gasteiger partial charge is 0.357 e. The zero-order valence-electron chi connectivity index (χ0n) is 28.3. The van der Waals surface area contributed by atoms with Crippen LogP contribution in [0.3, 0.4) is 0 Å². The maximum absolute atomic E-state index is 14.2. The third kappa shape index (κ3) is 7.10. The zero-order chi connectivity index (χ0) is 33.3. The van der Waals surface area contributed by atoms with Crippen LogP contribution in [0.5, 0.6) is 0 Å². The Morgan fingerprint density at radius 1 is 0.979 bits per heavy atom. The summed E-state index contributed by atoms with van der Waals surface area (Å²) in [5, 5.41) is 13.8. The van der Waals surface area contributed by atoms with Crippen LogP contribution in [-0.2, 0) is 20.9 Å². The molecule has 4 amide bonds. The first-order chi connectivity index (χ1) is 22.5. The van der Waals surface area contributed by atoms with Gasteiger partial charge in [0.15, 0.2) is 0 Å². The second kappa shape index (κ2) is 13.4. The molecule has 4 fully saturated rings. The number of aromatic nitrogens is 2. The fourth-order valence-corrected chi connectivity index (χ4v) is 7.99. The van der Waals surface area contributed by atoms with E-state index in [9.17, 15) is 19.2 Å². The number of nitrogens with one attached hydrogen (secondary N) is 3. The summed E-state index contributed by atoms with van der Waals surface area (Å²) in [6.07, 6.45) is 10.3. The molecule has 6 rings (SSSR count). The topological polar surface area (TPSA) is 129 Å². The number of hydrogen-bond donors (Lipinski definition) is 3. The molecule has 2 saturated heterocycles. The lowest BCUT2D eigenvalue weighted by molar-refractivity contribution is -0.152. The van der Waals surface area contributed by atoms with Crippen LogP contribution in [0.1, 0.15) is 75.2 Å². The summed E-state index contributed by atoms with van der Waals surface area (Å²) in [6.45, 7) is 8.95. The molecule has 47 heavy (non-hydrogen) atoms. The average Bonchev–Trinajstić information content (AvgIpc) is 3.37. The highest BCUT2D eigenvalue weighted by Gasteiger charge is 2.62. The van der Waals surface area contributed by atoms with Gasteiger partial charge < -0.3 is 25.8 Å². The van der Waals surface area contributed by atoms with Crippen molar-refractivity contribution in [1.82, 2.24) is 35.5 Å². The van der Waals surface area contributed by atoms with Gasteiger partial charge in [-0.05, 0) is 49.6 Å². The Bertz CT molecular complexity index is 1460. The number of carbonyl (C=O) groups excluding carboxylic acids is 4. The van der Waals surface area contributed by atoms with Gasteiger partial charge in [-0.1, -0.05) is 63.4 Å². The molecular weight excluding hydrogens is 594 g/mol. The highest BCUT2D eigenvalue weighted by molar-refractivity contribution is 5.95. The van der Waals surface area contributed by atoms with Gasteiger partial charge in [-0.2, -0.15) is 5.10 Å². The molecule has 2 aromatic rings. The Balaban J connectivity index is 1.16. The lowest BCUT2D eigenvalue weighted by atomic mass is 9.70. The Kier molecular flexibility index (Phi) is 9.47. The summed E-state index contributed by atoms with van der Waals surface area (Å²) < 4.78 is 1.75. The van der Waals surface area contributed by atoms with E-state index < -0.39 is 17.4 Å². The fourth-order valence-electron chi connectivity index (χ4n) is 7.99. The molecule has 4 aliphatic rings. The number of hydrogen-bond acceptors (Lipinski definition) is 6. The average molecular weight is 646 g/mol. The van der Waals surface area contributed by atoms with Crippen molar-refractivity contribution in [2.75, 3.05) is 39.8 Å². The molecule has 3 N–H and O–H groups in total. The van der Waals surface area contributed by atoms with Crippen LogP contribution in [0.2, 0.25) is 0 Å². The number of nitrogens with zero attached hydrogens (tertiary/aromatic N) is 4. The maximum Gasteiger partial charge on any atom is 0.257 e. The van der Waals surface area contributed by atoms with Crippen LogP contribution >= 0.6 is 0 Å². The van der Waals surface area contributed by atoms with Crippen LogP contribution in [0, 0.1) is 28.6 Å². The van der Waals surface area contributed by atoms with E-state index in [1.807, 2.05) is 42.2 Å². The Morgan fingerprint density at radius 2 is 1.66 bits per heavy atom. The third-order valence-corrected chi connectivity index (χ3v) is 11.2. The predicted molar refractivity (Wildman–Crippen MR) is 178 cm³/mol. The maximum atomic E-state index is 14.2. The van der Waals surface area contributed by atoms with Gasteiger partial charge >= 0.3 is 0 Å². The highest BCUT2D eigenvalue weighted by Crippen LogP contribution is 2.54. The molecule has 2 saturated carbocycles. The molecular formula is C36H51N7O4. The summed E-state index contributed by atoms with van der Waals surface area (Å²) >= 11 is 0. The molecule has 1 spiro atoms. The molecule has 254 valence electrons. The number of benzene rings is 1. The Labute approximate surface area is 278 Å². The molecule has 2 aliphatic heterocycles. The summed E-state index contributed by atoms with van der Waals surface area (Å²) in [6, 6.07) is 8.90. The van der Waals surface area contributed by atoms with Crippen molar-refractivity contribution in [2.45, 2.75) is 77.9 Å². The van der Waals surface area contributed by atoms with Crippen LogP contribution in [0.15, 0.2) is 42.7 Å². The molecule has 2 aliphatic carbocycles. The molecule has 4 atom stereocenters. The van der Waals surface area contributed by atoms with E-state index in [2.05, 4.69) is 34.9 Å². The molecule has 11 heteroatoms. The third-order valence-electron chi connectivity index (χ3n) is 11.2. The molecule has 0 bridgehead atoms. The van der Waals surface area contributed by atoms with Gasteiger partial charge in [0.1, 0.15) is 6.04 Å². The van der Waals surface area contributed by atoms with Crippen molar-refractivity contribution in [3.8, 4) is 0 Å². The second-order valence-corrected chi connectivity index (χ2v) is 15.3. The highest BCUT2D eigenvalue weighted by atomic mass is 16.2. The Morgan fingerprint density at radius 3 is 2.32 bits per heavy atom. The first-order valence-corrected chi connectivity index (χ1v) is 17.4. The molecule has 0 radical (unpaired) electrons. The lowest BCUT2D eigenvalue weighted by Crippen LogP contribution is -2.66. The van der Waals surface area contributed by atoms with Crippen molar-refractivity contribution in [3.05, 3.63) is 53.9 Å². The minimum absolute atomic E-state index is 0.00962. The SMILES string of the molecule is CNC(=O)[C@@H](NC(=O)C1CN(C(=O)c2cnn(Cc3ccccc3)c2)CC12CN(C(=O)[C@H]1CC1(C)C)C2)[C@@H](C)NCC1CCCCC1. The van der Waals surface area contributed by atoms with Crippen LogP contribution in [0.4, 0.5) is 0 Å². The van der Waals surface area contributed by atoms with Gasteiger partial charge in [-0.15, -0.1) is 0 Å². The van der Waals surface area contributed by atoms with Crippen molar-refractivity contribution in [1.29, 1.82) is 0 Å². The number of carbonyl (C=O) groups is 4. The molecule has 1 aromatic carbocycles. The molecule has 11 nitrogen and oxygen atoms in total. The Hall–Kier alpha value is -3.73.